The lowest BCUT2D eigenvalue weighted by atomic mass is 9.96. The summed E-state index contributed by atoms with van der Waals surface area (Å²) < 4.78 is 5.94. The zero-order valence-electron chi connectivity index (χ0n) is 13.9. The Balaban J connectivity index is 1.48. The molecular weight excluding hydrogens is 304 g/mol. The van der Waals surface area contributed by atoms with Crippen molar-refractivity contribution in [2.75, 3.05) is 13.1 Å². The maximum absolute atomic E-state index is 12.4. The molecule has 1 saturated heterocycles. The number of likely N-dealkylation sites (tertiary alicyclic amines) is 1. The van der Waals surface area contributed by atoms with Gasteiger partial charge < -0.3 is 14.7 Å². The van der Waals surface area contributed by atoms with E-state index in [4.69, 9.17) is 10.00 Å². The van der Waals surface area contributed by atoms with Crippen molar-refractivity contribution < 1.29 is 14.6 Å². The van der Waals surface area contributed by atoms with Gasteiger partial charge in [-0.05, 0) is 31.0 Å². The molecule has 1 N–H and O–H groups in total. The molecule has 1 heterocycles. The fraction of sp³-hybridized carbons (Fsp3) is 0.579. The second-order valence-electron chi connectivity index (χ2n) is 6.95. The van der Waals surface area contributed by atoms with Gasteiger partial charge in [-0.3, -0.25) is 4.79 Å². The summed E-state index contributed by atoms with van der Waals surface area (Å²) in [6.07, 6.45) is 5.40. The van der Waals surface area contributed by atoms with Gasteiger partial charge in [-0.25, -0.2) is 0 Å². The predicted octanol–water partition coefficient (Wildman–Crippen LogP) is 2.62. The molecule has 0 atom stereocenters. The Kier molecular flexibility index (Phi) is 5.06. The summed E-state index contributed by atoms with van der Waals surface area (Å²) in [4.78, 5) is 14.2. The van der Waals surface area contributed by atoms with Crippen LogP contribution in [0.2, 0.25) is 0 Å². The number of hydrogen-bond donors (Lipinski definition) is 1. The second kappa shape index (κ2) is 7.23. The molecule has 2 aliphatic rings. The minimum absolute atomic E-state index is 0.0596. The van der Waals surface area contributed by atoms with E-state index < -0.39 is 5.60 Å². The molecule has 2 fully saturated rings. The standard InChI is InChI=1S/C19H24N2O3/c20-14-15-4-3-5-17(12-15)24-16-6-10-21(11-7-16)18(22)13-19(23)8-1-2-9-19/h3-5,12,16,23H,1-2,6-11,13H2. The number of piperidine rings is 1. The van der Waals surface area contributed by atoms with Crippen molar-refractivity contribution in [2.24, 2.45) is 0 Å². The van der Waals surface area contributed by atoms with E-state index in [2.05, 4.69) is 6.07 Å². The molecule has 1 saturated carbocycles. The normalized spacial score (nSPS) is 20.6. The van der Waals surface area contributed by atoms with Crippen molar-refractivity contribution in [3.05, 3.63) is 29.8 Å². The van der Waals surface area contributed by atoms with Gasteiger partial charge in [-0.2, -0.15) is 5.26 Å². The third kappa shape index (κ3) is 4.07. The molecule has 0 spiro atoms. The Morgan fingerprint density at radius 1 is 1.33 bits per heavy atom. The van der Waals surface area contributed by atoms with Crippen LogP contribution in [0.15, 0.2) is 24.3 Å². The Morgan fingerprint density at radius 2 is 2.04 bits per heavy atom. The average Bonchev–Trinajstić information content (AvgIpc) is 3.01. The van der Waals surface area contributed by atoms with E-state index in [0.29, 0.717) is 24.4 Å². The van der Waals surface area contributed by atoms with Crippen molar-refractivity contribution in [3.8, 4) is 11.8 Å². The summed E-state index contributed by atoms with van der Waals surface area (Å²) in [5.41, 5.74) is -0.188. The monoisotopic (exact) mass is 328 g/mol. The van der Waals surface area contributed by atoms with Crippen LogP contribution in [0.25, 0.3) is 0 Å². The van der Waals surface area contributed by atoms with Crippen molar-refractivity contribution in [1.29, 1.82) is 5.26 Å². The van der Waals surface area contributed by atoms with E-state index in [-0.39, 0.29) is 18.4 Å². The van der Waals surface area contributed by atoms with Gasteiger partial charge >= 0.3 is 0 Å². The SMILES string of the molecule is N#Cc1cccc(OC2CCN(C(=O)CC3(O)CCCC3)CC2)c1. The molecular formula is C19H24N2O3. The van der Waals surface area contributed by atoms with Crippen LogP contribution in [-0.2, 0) is 4.79 Å². The molecule has 1 aliphatic heterocycles. The number of aliphatic hydroxyl groups is 1. The largest absolute Gasteiger partial charge is 0.490 e. The summed E-state index contributed by atoms with van der Waals surface area (Å²) in [6.45, 7) is 1.33. The van der Waals surface area contributed by atoms with Gasteiger partial charge in [0.25, 0.3) is 0 Å². The molecule has 5 heteroatoms. The lowest BCUT2D eigenvalue weighted by Crippen LogP contribution is -2.44. The highest BCUT2D eigenvalue weighted by Crippen LogP contribution is 2.33. The number of carbonyl (C=O) groups is 1. The Labute approximate surface area is 142 Å². The molecule has 1 amide bonds. The molecule has 1 aromatic carbocycles. The number of nitrogens with zero attached hydrogens (tertiary/aromatic N) is 2. The summed E-state index contributed by atoms with van der Waals surface area (Å²) in [6, 6.07) is 9.27. The maximum Gasteiger partial charge on any atom is 0.225 e. The first-order chi connectivity index (χ1) is 11.6. The predicted molar refractivity (Wildman–Crippen MR) is 89.4 cm³/mol. The lowest BCUT2D eigenvalue weighted by Gasteiger charge is -2.34. The van der Waals surface area contributed by atoms with Gasteiger partial charge in [0.05, 0.1) is 23.7 Å². The Morgan fingerprint density at radius 3 is 2.71 bits per heavy atom. The number of rotatable bonds is 4. The summed E-state index contributed by atoms with van der Waals surface area (Å²) in [5.74, 6) is 0.767. The molecule has 0 aromatic heterocycles. The highest BCUT2D eigenvalue weighted by molar-refractivity contribution is 5.77. The van der Waals surface area contributed by atoms with E-state index in [1.54, 1.807) is 12.1 Å². The summed E-state index contributed by atoms with van der Waals surface area (Å²) >= 11 is 0. The van der Waals surface area contributed by atoms with Gasteiger partial charge in [-0.1, -0.05) is 18.9 Å². The Hall–Kier alpha value is -2.06. The molecule has 1 aliphatic carbocycles. The molecule has 0 bridgehead atoms. The van der Waals surface area contributed by atoms with Crippen LogP contribution in [0.1, 0.15) is 50.5 Å². The zero-order valence-corrected chi connectivity index (χ0v) is 13.9. The number of carbonyl (C=O) groups excluding carboxylic acids is 1. The van der Waals surface area contributed by atoms with Crippen LogP contribution < -0.4 is 4.74 Å². The quantitative estimate of drug-likeness (QED) is 0.922. The molecule has 0 radical (unpaired) electrons. The van der Waals surface area contributed by atoms with Crippen LogP contribution in [-0.4, -0.2) is 40.7 Å². The van der Waals surface area contributed by atoms with E-state index in [9.17, 15) is 9.90 Å². The molecule has 1 aromatic rings. The molecule has 24 heavy (non-hydrogen) atoms. The lowest BCUT2D eigenvalue weighted by molar-refractivity contribution is -0.138. The number of nitriles is 1. The van der Waals surface area contributed by atoms with Crippen LogP contribution >= 0.6 is 0 Å². The highest BCUT2D eigenvalue weighted by atomic mass is 16.5. The van der Waals surface area contributed by atoms with Gasteiger partial charge in [0.2, 0.25) is 5.91 Å². The van der Waals surface area contributed by atoms with Crippen LogP contribution in [0.3, 0.4) is 0 Å². The van der Waals surface area contributed by atoms with Crippen LogP contribution in [0, 0.1) is 11.3 Å². The first-order valence-corrected chi connectivity index (χ1v) is 8.75. The van der Waals surface area contributed by atoms with Gasteiger partial charge in [0.15, 0.2) is 0 Å². The van der Waals surface area contributed by atoms with Crippen molar-refractivity contribution >= 4 is 5.91 Å². The second-order valence-corrected chi connectivity index (χ2v) is 6.95. The van der Waals surface area contributed by atoms with Gasteiger partial charge in [0.1, 0.15) is 11.9 Å². The molecule has 0 unspecified atom stereocenters. The van der Waals surface area contributed by atoms with E-state index in [1.807, 2.05) is 17.0 Å². The summed E-state index contributed by atoms with van der Waals surface area (Å²) in [5, 5.41) is 19.3. The molecule has 5 nitrogen and oxygen atoms in total. The average molecular weight is 328 g/mol. The van der Waals surface area contributed by atoms with E-state index >= 15 is 0 Å². The van der Waals surface area contributed by atoms with Gasteiger partial charge in [0, 0.05) is 25.9 Å². The van der Waals surface area contributed by atoms with E-state index in [1.165, 1.54) is 0 Å². The fourth-order valence-corrected chi connectivity index (χ4v) is 3.66. The first-order valence-electron chi connectivity index (χ1n) is 8.75. The van der Waals surface area contributed by atoms with Gasteiger partial charge in [-0.15, -0.1) is 0 Å². The maximum atomic E-state index is 12.4. The number of hydrogen-bond acceptors (Lipinski definition) is 4. The number of benzene rings is 1. The smallest absolute Gasteiger partial charge is 0.225 e. The van der Waals surface area contributed by atoms with Crippen LogP contribution in [0.5, 0.6) is 5.75 Å². The van der Waals surface area contributed by atoms with Crippen molar-refractivity contribution in [2.45, 2.75) is 56.7 Å². The topological polar surface area (TPSA) is 73.6 Å². The third-order valence-corrected chi connectivity index (χ3v) is 5.08. The minimum Gasteiger partial charge on any atom is -0.490 e. The van der Waals surface area contributed by atoms with Crippen molar-refractivity contribution in [1.82, 2.24) is 4.90 Å². The van der Waals surface area contributed by atoms with Crippen molar-refractivity contribution in [3.63, 3.8) is 0 Å². The molecule has 3 rings (SSSR count). The Bertz CT molecular complexity index is 624. The zero-order chi connectivity index (χ0) is 17.0. The van der Waals surface area contributed by atoms with E-state index in [0.717, 1.165) is 38.5 Å². The third-order valence-electron chi connectivity index (χ3n) is 5.08. The fourth-order valence-electron chi connectivity index (χ4n) is 3.66. The van der Waals surface area contributed by atoms with Crippen LogP contribution in [0.4, 0.5) is 0 Å². The highest BCUT2D eigenvalue weighted by Gasteiger charge is 2.35. The number of amides is 1. The first kappa shape index (κ1) is 16.8. The summed E-state index contributed by atoms with van der Waals surface area (Å²) in [7, 11) is 0. The molecule has 128 valence electrons. The number of ether oxygens (including phenoxy) is 1. The minimum atomic E-state index is -0.776.